The minimum absolute atomic E-state index is 0.135. The third kappa shape index (κ3) is 4.45. The van der Waals surface area contributed by atoms with Gasteiger partial charge in [-0.05, 0) is 26.2 Å². The Hall–Kier alpha value is -0.790. The smallest absolute Gasteiger partial charge is 0.313 e. The van der Waals surface area contributed by atoms with Crippen LogP contribution >= 0.6 is 0 Å². The maximum absolute atomic E-state index is 11.7. The first-order chi connectivity index (χ1) is 6.08. The minimum atomic E-state index is -0.427. The molecule has 0 aliphatic rings. The van der Waals surface area contributed by atoms with Crippen LogP contribution in [0.15, 0.2) is 12.7 Å². The Morgan fingerprint density at radius 2 is 1.64 bits per heavy atom. The van der Waals surface area contributed by atoms with E-state index >= 15 is 0 Å². The lowest BCUT2D eigenvalue weighted by Crippen LogP contribution is -2.34. The van der Waals surface area contributed by atoms with Crippen molar-refractivity contribution < 1.29 is 9.53 Å². The molecule has 82 valence electrons. The molecule has 0 heterocycles. The molecule has 0 aromatic rings. The highest BCUT2D eigenvalue weighted by molar-refractivity contribution is 5.75. The molecule has 0 fully saturated rings. The van der Waals surface area contributed by atoms with Gasteiger partial charge >= 0.3 is 5.97 Å². The summed E-state index contributed by atoms with van der Waals surface area (Å²) in [4.78, 5) is 11.7. The summed E-state index contributed by atoms with van der Waals surface area (Å²) in [7, 11) is 0. The summed E-state index contributed by atoms with van der Waals surface area (Å²) < 4.78 is 5.31. The average molecular weight is 198 g/mol. The number of rotatable bonds is 2. The van der Waals surface area contributed by atoms with Gasteiger partial charge in [0.1, 0.15) is 5.60 Å². The normalized spacial score (nSPS) is 14.7. The lowest BCUT2D eigenvalue weighted by Gasteiger charge is -2.29. The molecule has 1 atom stereocenters. The zero-order chi connectivity index (χ0) is 11.6. The van der Waals surface area contributed by atoms with Gasteiger partial charge < -0.3 is 4.74 Å². The Morgan fingerprint density at radius 3 is 1.86 bits per heavy atom. The molecule has 0 saturated carbocycles. The van der Waals surface area contributed by atoms with Gasteiger partial charge in [0, 0.05) is 0 Å². The van der Waals surface area contributed by atoms with Gasteiger partial charge in [0.05, 0.1) is 5.92 Å². The maximum Gasteiger partial charge on any atom is 0.313 e. The predicted molar refractivity (Wildman–Crippen MR) is 59.0 cm³/mol. The van der Waals surface area contributed by atoms with Crippen LogP contribution in [0.2, 0.25) is 0 Å². The summed E-state index contributed by atoms with van der Waals surface area (Å²) >= 11 is 0. The molecular weight excluding hydrogens is 176 g/mol. The topological polar surface area (TPSA) is 26.3 Å². The fourth-order valence-electron chi connectivity index (χ4n) is 1.17. The molecule has 0 aliphatic carbocycles. The van der Waals surface area contributed by atoms with Gasteiger partial charge in [-0.2, -0.15) is 0 Å². The molecule has 0 rings (SSSR count). The molecule has 0 bridgehead atoms. The summed E-state index contributed by atoms with van der Waals surface area (Å²) in [6.45, 7) is 15.3. The van der Waals surface area contributed by atoms with Crippen LogP contribution in [0.25, 0.3) is 0 Å². The Balaban J connectivity index is 4.58. The Labute approximate surface area is 87.3 Å². The van der Waals surface area contributed by atoms with Gasteiger partial charge in [-0.3, -0.25) is 4.79 Å². The summed E-state index contributed by atoms with van der Waals surface area (Å²) in [5.74, 6) is -0.443. The highest BCUT2D eigenvalue weighted by Crippen LogP contribution is 2.29. The lowest BCUT2D eigenvalue weighted by molar-refractivity contribution is -0.161. The van der Waals surface area contributed by atoms with Gasteiger partial charge in [-0.15, -0.1) is 6.58 Å². The van der Waals surface area contributed by atoms with Crippen molar-refractivity contribution in [1.82, 2.24) is 0 Å². The van der Waals surface area contributed by atoms with Gasteiger partial charge in [0.15, 0.2) is 0 Å². The largest absolute Gasteiger partial charge is 0.460 e. The van der Waals surface area contributed by atoms with E-state index in [-0.39, 0.29) is 17.3 Å². The molecule has 2 heteroatoms. The van der Waals surface area contributed by atoms with E-state index in [1.807, 2.05) is 41.5 Å². The third-order valence-electron chi connectivity index (χ3n) is 1.83. The van der Waals surface area contributed by atoms with Crippen molar-refractivity contribution in [1.29, 1.82) is 0 Å². The van der Waals surface area contributed by atoms with Gasteiger partial charge in [0.2, 0.25) is 0 Å². The molecular formula is C12H22O2. The number of esters is 1. The molecule has 0 N–H and O–H groups in total. The first-order valence-electron chi connectivity index (χ1n) is 4.93. The van der Waals surface area contributed by atoms with Crippen LogP contribution in [-0.4, -0.2) is 11.6 Å². The van der Waals surface area contributed by atoms with Crippen molar-refractivity contribution in [2.24, 2.45) is 11.3 Å². The highest BCUT2D eigenvalue weighted by Gasteiger charge is 2.32. The van der Waals surface area contributed by atoms with Crippen molar-refractivity contribution in [3.63, 3.8) is 0 Å². The van der Waals surface area contributed by atoms with Gasteiger partial charge in [-0.1, -0.05) is 26.8 Å². The van der Waals surface area contributed by atoms with E-state index in [0.717, 1.165) is 0 Å². The van der Waals surface area contributed by atoms with E-state index in [0.29, 0.717) is 0 Å². The first-order valence-corrected chi connectivity index (χ1v) is 4.93. The van der Waals surface area contributed by atoms with Crippen LogP contribution in [0, 0.1) is 11.3 Å². The second kappa shape index (κ2) is 4.16. The van der Waals surface area contributed by atoms with E-state index in [4.69, 9.17) is 4.74 Å². The molecule has 0 aromatic heterocycles. The molecule has 1 unspecified atom stereocenters. The van der Waals surface area contributed by atoms with Crippen molar-refractivity contribution in [3.8, 4) is 0 Å². The first kappa shape index (κ1) is 13.2. The highest BCUT2D eigenvalue weighted by atomic mass is 16.6. The number of carbonyl (C=O) groups excluding carboxylic acids is 1. The van der Waals surface area contributed by atoms with E-state index in [9.17, 15) is 4.79 Å². The number of hydrogen-bond acceptors (Lipinski definition) is 2. The summed E-state index contributed by atoms with van der Waals surface area (Å²) in [5, 5.41) is 0. The van der Waals surface area contributed by atoms with Crippen molar-refractivity contribution in [3.05, 3.63) is 12.7 Å². The number of hydrogen-bond donors (Lipinski definition) is 0. The fraction of sp³-hybridized carbons (Fsp3) is 0.750. The van der Waals surface area contributed by atoms with Crippen LogP contribution in [0.1, 0.15) is 41.5 Å². The van der Waals surface area contributed by atoms with Crippen LogP contribution in [0.4, 0.5) is 0 Å². The molecule has 0 radical (unpaired) electrons. The zero-order valence-electron chi connectivity index (χ0n) is 10.2. The second-order valence-electron chi connectivity index (χ2n) is 5.61. The zero-order valence-corrected chi connectivity index (χ0v) is 10.2. The molecule has 2 nitrogen and oxygen atoms in total. The SMILES string of the molecule is C=CC(C(=O)OC(C)(C)C)C(C)(C)C. The van der Waals surface area contributed by atoms with Crippen molar-refractivity contribution >= 4 is 5.97 Å². The van der Waals surface area contributed by atoms with E-state index in [1.54, 1.807) is 6.08 Å². The van der Waals surface area contributed by atoms with Crippen LogP contribution in [0.3, 0.4) is 0 Å². The van der Waals surface area contributed by atoms with Crippen molar-refractivity contribution in [2.45, 2.75) is 47.1 Å². The quantitative estimate of drug-likeness (QED) is 0.503. The summed E-state index contributed by atoms with van der Waals surface area (Å²) in [6, 6.07) is 0. The lowest BCUT2D eigenvalue weighted by atomic mass is 9.81. The Bertz CT molecular complexity index is 215. The van der Waals surface area contributed by atoms with E-state index < -0.39 is 5.60 Å². The Morgan fingerprint density at radius 1 is 1.21 bits per heavy atom. The van der Waals surface area contributed by atoms with Crippen molar-refractivity contribution in [2.75, 3.05) is 0 Å². The van der Waals surface area contributed by atoms with Gasteiger partial charge in [0.25, 0.3) is 0 Å². The van der Waals surface area contributed by atoms with Gasteiger partial charge in [-0.25, -0.2) is 0 Å². The molecule has 0 saturated heterocycles. The number of ether oxygens (including phenoxy) is 1. The van der Waals surface area contributed by atoms with E-state index in [2.05, 4.69) is 6.58 Å². The van der Waals surface area contributed by atoms with E-state index in [1.165, 1.54) is 0 Å². The predicted octanol–water partition coefficient (Wildman–Crippen LogP) is 3.18. The molecule has 0 amide bonds. The molecule has 0 aromatic carbocycles. The standard InChI is InChI=1S/C12H22O2/c1-8-9(11(2,3)4)10(13)14-12(5,6)7/h8-9H,1H2,2-7H3. The molecule has 14 heavy (non-hydrogen) atoms. The van der Waals surface area contributed by atoms with Crippen LogP contribution in [0.5, 0.6) is 0 Å². The molecule has 0 aliphatic heterocycles. The van der Waals surface area contributed by atoms with Crippen LogP contribution in [-0.2, 0) is 9.53 Å². The number of carbonyl (C=O) groups is 1. The summed E-state index contributed by atoms with van der Waals surface area (Å²) in [5.41, 5.74) is -0.562. The fourth-order valence-corrected chi connectivity index (χ4v) is 1.17. The Kier molecular flexibility index (Phi) is 3.92. The second-order valence-corrected chi connectivity index (χ2v) is 5.61. The minimum Gasteiger partial charge on any atom is -0.460 e. The maximum atomic E-state index is 11.7. The monoisotopic (exact) mass is 198 g/mol. The summed E-state index contributed by atoms with van der Waals surface area (Å²) in [6.07, 6.45) is 1.66. The average Bonchev–Trinajstić information content (AvgIpc) is 1.79. The third-order valence-corrected chi connectivity index (χ3v) is 1.83. The molecule has 0 spiro atoms. The van der Waals surface area contributed by atoms with Crippen LogP contribution < -0.4 is 0 Å².